The van der Waals surface area contributed by atoms with E-state index in [2.05, 4.69) is 17.1 Å². The molecule has 1 aliphatic heterocycles. The number of nitrogens with one attached hydrogen (secondary N) is 1. The minimum absolute atomic E-state index is 0. The first-order valence-corrected chi connectivity index (χ1v) is 5.99. The van der Waals surface area contributed by atoms with Crippen LogP contribution in [-0.4, -0.2) is 36.2 Å². The summed E-state index contributed by atoms with van der Waals surface area (Å²) in [6, 6.07) is 4.20. The number of aliphatic hydroxyl groups is 1. The van der Waals surface area contributed by atoms with Crippen molar-refractivity contribution < 1.29 is 9.52 Å². The molecule has 1 aromatic rings. The summed E-state index contributed by atoms with van der Waals surface area (Å²) in [5.74, 6) is 1.64. The highest BCUT2D eigenvalue weighted by atomic mass is 35.5. The number of halogens is 2. The van der Waals surface area contributed by atoms with Crippen LogP contribution in [0.2, 0.25) is 0 Å². The Kier molecular flexibility index (Phi) is 8.65. The fourth-order valence-electron chi connectivity index (χ4n) is 2.29. The van der Waals surface area contributed by atoms with Crippen LogP contribution in [0.3, 0.4) is 0 Å². The number of furan rings is 1. The number of aliphatic hydroxyl groups excluding tert-OH is 1. The highest BCUT2D eigenvalue weighted by Crippen LogP contribution is 2.26. The zero-order chi connectivity index (χ0) is 11.4. The lowest BCUT2D eigenvalue weighted by Crippen LogP contribution is -2.44. The summed E-state index contributed by atoms with van der Waals surface area (Å²) in [6.45, 7) is 6.38. The first-order chi connectivity index (χ1) is 7.85. The molecule has 6 heteroatoms. The minimum Gasteiger partial charge on any atom is -0.462 e. The summed E-state index contributed by atoms with van der Waals surface area (Å²) in [6.07, 6.45) is 1.04. The molecule has 0 radical (unpaired) electrons. The van der Waals surface area contributed by atoms with Crippen molar-refractivity contribution in [1.29, 1.82) is 0 Å². The molecule has 1 saturated heterocycles. The Balaban J connectivity index is 0.00000144. The van der Waals surface area contributed by atoms with Crippen molar-refractivity contribution in [1.82, 2.24) is 10.2 Å². The summed E-state index contributed by atoms with van der Waals surface area (Å²) in [4.78, 5) is 2.44. The summed E-state index contributed by atoms with van der Waals surface area (Å²) in [7, 11) is 0. The van der Waals surface area contributed by atoms with Crippen LogP contribution in [0.1, 0.15) is 30.9 Å². The number of hydrogen-bond donors (Lipinski definition) is 2. The molecule has 18 heavy (non-hydrogen) atoms. The molecule has 1 aromatic heterocycles. The van der Waals surface area contributed by atoms with E-state index in [4.69, 9.17) is 9.52 Å². The number of nitrogens with zero attached hydrogens (tertiary/aromatic N) is 1. The fourth-order valence-corrected chi connectivity index (χ4v) is 2.29. The summed E-state index contributed by atoms with van der Waals surface area (Å²) >= 11 is 0. The first-order valence-electron chi connectivity index (χ1n) is 5.99. The maximum atomic E-state index is 9.00. The molecule has 0 amide bonds. The maximum Gasteiger partial charge on any atom is 0.129 e. The van der Waals surface area contributed by atoms with E-state index in [1.54, 1.807) is 0 Å². The van der Waals surface area contributed by atoms with Crippen molar-refractivity contribution in [3.05, 3.63) is 23.7 Å². The third kappa shape index (κ3) is 4.14. The summed E-state index contributed by atoms with van der Waals surface area (Å²) < 4.78 is 5.63. The Labute approximate surface area is 121 Å². The van der Waals surface area contributed by atoms with Crippen LogP contribution in [-0.2, 0) is 6.61 Å². The van der Waals surface area contributed by atoms with E-state index in [1.165, 1.54) is 0 Å². The molecule has 1 atom stereocenters. The molecule has 0 unspecified atom stereocenters. The van der Waals surface area contributed by atoms with E-state index in [1.807, 2.05) is 12.1 Å². The molecule has 0 bridgehead atoms. The second-order valence-electron chi connectivity index (χ2n) is 4.17. The Bertz CT molecular complexity index is 328. The average molecular weight is 297 g/mol. The van der Waals surface area contributed by atoms with Crippen LogP contribution in [0.5, 0.6) is 0 Å². The number of piperazine rings is 1. The molecule has 0 spiro atoms. The van der Waals surface area contributed by atoms with Gasteiger partial charge in [0.2, 0.25) is 0 Å². The number of rotatable bonds is 4. The van der Waals surface area contributed by atoms with Crippen LogP contribution in [0, 0.1) is 0 Å². The highest BCUT2D eigenvalue weighted by molar-refractivity contribution is 5.85. The molecular formula is C12H22Cl2N2O2. The normalized spacial score (nSPS) is 17.7. The van der Waals surface area contributed by atoms with Gasteiger partial charge in [0.25, 0.3) is 0 Å². The molecule has 0 aromatic carbocycles. The molecule has 4 nitrogen and oxygen atoms in total. The fraction of sp³-hybridized carbons (Fsp3) is 0.667. The van der Waals surface area contributed by atoms with Crippen LogP contribution in [0.25, 0.3) is 0 Å². The third-order valence-electron chi connectivity index (χ3n) is 3.15. The molecule has 2 N–H and O–H groups in total. The molecule has 0 saturated carbocycles. The first kappa shape index (κ1) is 17.7. The topological polar surface area (TPSA) is 48.6 Å². The molecule has 0 aliphatic carbocycles. The van der Waals surface area contributed by atoms with Gasteiger partial charge in [0.1, 0.15) is 18.1 Å². The van der Waals surface area contributed by atoms with Crippen molar-refractivity contribution >= 4 is 24.8 Å². The third-order valence-corrected chi connectivity index (χ3v) is 3.15. The van der Waals surface area contributed by atoms with Gasteiger partial charge in [0.15, 0.2) is 0 Å². The zero-order valence-corrected chi connectivity index (χ0v) is 12.2. The van der Waals surface area contributed by atoms with Crippen LogP contribution in [0.15, 0.2) is 16.5 Å². The Morgan fingerprint density at radius 1 is 1.33 bits per heavy atom. The average Bonchev–Trinajstić information content (AvgIpc) is 2.80. The van der Waals surface area contributed by atoms with Gasteiger partial charge in [-0.1, -0.05) is 6.92 Å². The predicted molar refractivity (Wildman–Crippen MR) is 76.6 cm³/mol. The molecule has 1 aliphatic rings. The van der Waals surface area contributed by atoms with Crippen molar-refractivity contribution in [3.63, 3.8) is 0 Å². The van der Waals surface area contributed by atoms with Gasteiger partial charge >= 0.3 is 0 Å². The van der Waals surface area contributed by atoms with Crippen LogP contribution >= 0.6 is 24.8 Å². The van der Waals surface area contributed by atoms with Gasteiger partial charge in [-0.2, -0.15) is 0 Å². The van der Waals surface area contributed by atoms with Gasteiger partial charge in [-0.25, -0.2) is 0 Å². The largest absolute Gasteiger partial charge is 0.462 e. The molecule has 1 fully saturated rings. The monoisotopic (exact) mass is 296 g/mol. The lowest BCUT2D eigenvalue weighted by atomic mass is 10.1. The van der Waals surface area contributed by atoms with Crippen molar-refractivity contribution in [3.8, 4) is 0 Å². The SMILES string of the molecule is CC[C@H](c1ccc(CO)o1)N1CCNCC1.Cl.Cl. The van der Waals surface area contributed by atoms with Crippen molar-refractivity contribution in [2.24, 2.45) is 0 Å². The second-order valence-corrected chi connectivity index (χ2v) is 4.17. The van der Waals surface area contributed by atoms with Gasteiger partial charge < -0.3 is 14.8 Å². The predicted octanol–water partition coefficient (Wildman–Crippen LogP) is 1.97. The van der Waals surface area contributed by atoms with Gasteiger partial charge in [-0.15, -0.1) is 24.8 Å². The lowest BCUT2D eigenvalue weighted by molar-refractivity contribution is 0.145. The van der Waals surface area contributed by atoms with E-state index in [-0.39, 0.29) is 31.4 Å². The van der Waals surface area contributed by atoms with Crippen molar-refractivity contribution in [2.45, 2.75) is 26.0 Å². The van der Waals surface area contributed by atoms with Crippen LogP contribution in [0.4, 0.5) is 0 Å². The maximum absolute atomic E-state index is 9.00. The summed E-state index contributed by atoms with van der Waals surface area (Å²) in [5, 5.41) is 12.3. The molecular weight excluding hydrogens is 275 g/mol. The van der Waals surface area contributed by atoms with Gasteiger partial charge in [-0.3, -0.25) is 4.90 Å². The Hall–Kier alpha value is -0.260. The second kappa shape index (κ2) is 8.77. The Morgan fingerprint density at radius 3 is 2.50 bits per heavy atom. The summed E-state index contributed by atoms with van der Waals surface area (Å²) in [5.41, 5.74) is 0. The van der Waals surface area contributed by atoms with E-state index in [0.717, 1.165) is 38.4 Å². The van der Waals surface area contributed by atoms with E-state index in [0.29, 0.717) is 11.8 Å². The van der Waals surface area contributed by atoms with Crippen LogP contribution < -0.4 is 5.32 Å². The zero-order valence-electron chi connectivity index (χ0n) is 10.6. The quantitative estimate of drug-likeness (QED) is 0.892. The minimum atomic E-state index is -0.0159. The molecule has 2 rings (SSSR count). The van der Waals surface area contributed by atoms with Gasteiger partial charge in [0.05, 0.1) is 6.04 Å². The number of hydrogen-bond acceptors (Lipinski definition) is 4. The van der Waals surface area contributed by atoms with E-state index < -0.39 is 0 Å². The van der Waals surface area contributed by atoms with E-state index >= 15 is 0 Å². The van der Waals surface area contributed by atoms with Gasteiger partial charge in [0, 0.05) is 26.2 Å². The smallest absolute Gasteiger partial charge is 0.129 e. The van der Waals surface area contributed by atoms with Gasteiger partial charge in [-0.05, 0) is 18.6 Å². The van der Waals surface area contributed by atoms with E-state index in [9.17, 15) is 0 Å². The molecule has 2 heterocycles. The highest BCUT2D eigenvalue weighted by Gasteiger charge is 2.22. The molecule has 106 valence electrons. The Morgan fingerprint density at radius 2 is 2.00 bits per heavy atom. The van der Waals surface area contributed by atoms with Crippen molar-refractivity contribution in [2.75, 3.05) is 26.2 Å². The lowest BCUT2D eigenvalue weighted by Gasteiger charge is -2.33. The standard InChI is InChI=1S/C12H20N2O2.2ClH/c1-2-11(14-7-5-13-6-8-14)12-4-3-10(9-15)16-12;;/h3-4,11,13,15H,2,5-9H2,1H3;2*1H/t11-;;/m1../s1.